The number of hydrogen-bond acceptors (Lipinski definition) is 3. The zero-order valence-electron chi connectivity index (χ0n) is 18.7. The topological polar surface area (TPSA) is 49.4 Å². The van der Waals surface area contributed by atoms with E-state index in [1.165, 1.54) is 23.3 Å². The molecule has 0 radical (unpaired) electrons. The first-order chi connectivity index (χ1) is 14.9. The highest BCUT2D eigenvalue weighted by Crippen LogP contribution is 2.18. The van der Waals surface area contributed by atoms with Gasteiger partial charge in [0.15, 0.2) is 0 Å². The fraction of sp³-hybridized carbons (Fsp3) is 0.440. The molecule has 0 aliphatic rings. The maximum atomic E-state index is 13.3. The summed E-state index contributed by atoms with van der Waals surface area (Å²) in [7, 11) is 0. The Bertz CT molecular complexity index is 842. The number of amides is 2. The summed E-state index contributed by atoms with van der Waals surface area (Å²) in [5.41, 5.74) is 3.17. The third kappa shape index (κ3) is 8.37. The molecule has 0 aliphatic carbocycles. The van der Waals surface area contributed by atoms with Gasteiger partial charge in [0.1, 0.15) is 11.9 Å². The Morgan fingerprint density at radius 3 is 2.48 bits per heavy atom. The average Bonchev–Trinajstić information content (AvgIpc) is 2.75. The second-order valence-corrected chi connectivity index (χ2v) is 8.68. The van der Waals surface area contributed by atoms with Crippen molar-refractivity contribution in [1.82, 2.24) is 10.2 Å². The molecule has 0 saturated carbocycles. The summed E-state index contributed by atoms with van der Waals surface area (Å²) < 4.78 is 13.3. The van der Waals surface area contributed by atoms with E-state index in [9.17, 15) is 14.0 Å². The number of benzene rings is 2. The summed E-state index contributed by atoms with van der Waals surface area (Å²) in [5.74, 6) is 0.486. The molecule has 0 saturated heterocycles. The third-order valence-corrected chi connectivity index (χ3v) is 6.05. The van der Waals surface area contributed by atoms with Crippen LogP contribution in [-0.4, -0.2) is 35.1 Å². The first kappa shape index (κ1) is 24.9. The Hall–Kier alpha value is -2.34. The summed E-state index contributed by atoms with van der Waals surface area (Å²) >= 11 is 1.54. The molecule has 1 unspecified atom stereocenters. The molecule has 168 valence electrons. The van der Waals surface area contributed by atoms with Crippen LogP contribution in [0.25, 0.3) is 0 Å². The molecule has 0 fully saturated rings. The largest absolute Gasteiger partial charge is 0.354 e. The molecule has 4 nitrogen and oxygen atoms in total. The van der Waals surface area contributed by atoms with Gasteiger partial charge in [-0.25, -0.2) is 4.39 Å². The molecule has 0 spiro atoms. The number of aryl methyl sites for hydroxylation is 1. The lowest BCUT2D eigenvalue weighted by Crippen LogP contribution is -2.49. The molecule has 6 heteroatoms. The Morgan fingerprint density at radius 2 is 1.84 bits per heavy atom. The standard InChI is InChI=1S/C25H33FN2O2S/c1-4-6-14-27-25(30)23(5-2)28(16-20-10-12-22(26)13-11-20)24(29)18-31-17-21-9-7-8-19(3)15-21/h7-13,15,23H,4-6,14,16-18H2,1-3H3,(H,27,30). The monoisotopic (exact) mass is 444 g/mol. The Morgan fingerprint density at radius 1 is 1.10 bits per heavy atom. The van der Waals surface area contributed by atoms with Crippen molar-refractivity contribution < 1.29 is 14.0 Å². The predicted molar refractivity (Wildman–Crippen MR) is 126 cm³/mol. The first-order valence-electron chi connectivity index (χ1n) is 10.9. The summed E-state index contributed by atoms with van der Waals surface area (Å²) in [4.78, 5) is 27.6. The maximum Gasteiger partial charge on any atom is 0.242 e. The van der Waals surface area contributed by atoms with Crippen LogP contribution in [0.4, 0.5) is 4.39 Å². The molecule has 1 atom stereocenters. The third-order valence-electron chi connectivity index (χ3n) is 5.06. The SMILES string of the molecule is CCCCNC(=O)C(CC)N(Cc1ccc(F)cc1)C(=O)CSCc1cccc(C)c1. The summed E-state index contributed by atoms with van der Waals surface area (Å²) in [6, 6.07) is 13.8. The molecule has 2 amide bonds. The van der Waals surface area contributed by atoms with Gasteiger partial charge in [-0.2, -0.15) is 0 Å². The van der Waals surface area contributed by atoms with Crippen LogP contribution < -0.4 is 5.32 Å². The van der Waals surface area contributed by atoms with Crippen molar-refractivity contribution in [3.63, 3.8) is 0 Å². The number of thioether (sulfide) groups is 1. The smallest absolute Gasteiger partial charge is 0.242 e. The van der Waals surface area contributed by atoms with Crippen LogP contribution in [0.2, 0.25) is 0 Å². The summed E-state index contributed by atoms with van der Waals surface area (Å²) in [6.45, 7) is 6.91. The number of rotatable bonds is 12. The highest BCUT2D eigenvalue weighted by molar-refractivity contribution is 7.99. The van der Waals surface area contributed by atoms with Gasteiger partial charge in [-0.1, -0.05) is 62.2 Å². The molecule has 2 rings (SSSR count). The van der Waals surface area contributed by atoms with Gasteiger partial charge in [0.05, 0.1) is 5.75 Å². The van der Waals surface area contributed by atoms with E-state index in [0.29, 0.717) is 13.0 Å². The summed E-state index contributed by atoms with van der Waals surface area (Å²) in [6.07, 6.45) is 2.42. The molecule has 0 aromatic heterocycles. The maximum absolute atomic E-state index is 13.3. The van der Waals surface area contributed by atoms with E-state index in [1.54, 1.807) is 28.8 Å². The average molecular weight is 445 g/mol. The van der Waals surface area contributed by atoms with Crippen molar-refractivity contribution in [1.29, 1.82) is 0 Å². The van der Waals surface area contributed by atoms with E-state index in [4.69, 9.17) is 0 Å². The normalized spacial score (nSPS) is 11.7. The van der Waals surface area contributed by atoms with Gasteiger partial charge in [0, 0.05) is 18.8 Å². The number of hydrogen-bond donors (Lipinski definition) is 1. The van der Waals surface area contributed by atoms with Crippen LogP contribution in [0.5, 0.6) is 0 Å². The zero-order valence-corrected chi connectivity index (χ0v) is 19.5. The Labute approximate surface area is 189 Å². The zero-order chi connectivity index (χ0) is 22.6. The number of nitrogens with one attached hydrogen (secondary N) is 1. The fourth-order valence-electron chi connectivity index (χ4n) is 3.35. The van der Waals surface area contributed by atoms with Crippen molar-refractivity contribution in [2.75, 3.05) is 12.3 Å². The number of halogens is 1. The van der Waals surface area contributed by atoms with Crippen LogP contribution >= 0.6 is 11.8 Å². The van der Waals surface area contributed by atoms with Crippen molar-refractivity contribution in [3.8, 4) is 0 Å². The van der Waals surface area contributed by atoms with Gasteiger partial charge in [-0.15, -0.1) is 11.8 Å². The molecule has 0 bridgehead atoms. The van der Waals surface area contributed by atoms with Gasteiger partial charge in [-0.3, -0.25) is 9.59 Å². The Balaban J connectivity index is 2.09. The van der Waals surface area contributed by atoms with E-state index < -0.39 is 6.04 Å². The molecule has 2 aromatic rings. The van der Waals surface area contributed by atoms with Crippen LogP contribution in [0, 0.1) is 12.7 Å². The second kappa shape index (κ2) is 13.2. The lowest BCUT2D eigenvalue weighted by molar-refractivity contribution is -0.139. The van der Waals surface area contributed by atoms with Crippen LogP contribution in [-0.2, 0) is 21.9 Å². The van der Waals surface area contributed by atoms with Crippen LogP contribution in [0.1, 0.15) is 49.8 Å². The molecular weight excluding hydrogens is 411 g/mol. The van der Waals surface area contributed by atoms with Gasteiger partial charge in [0.25, 0.3) is 0 Å². The number of nitrogens with zero attached hydrogens (tertiary/aromatic N) is 1. The lowest BCUT2D eigenvalue weighted by Gasteiger charge is -2.30. The highest BCUT2D eigenvalue weighted by atomic mass is 32.2. The van der Waals surface area contributed by atoms with Crippen molar-refractivity contribution in [2.45, 2.75) is 58.4 Å². The molecular formula is C25H33FN2O2S. The number of unbranched alkanes of at least 4 members (excludes halogenated alkanes) is 1. The van der Waals surface area contributed by atoms with E-state index in [1.807, 2.05) is 26.0 Å². The predicted octanol–water partition coefficient (Wildman–Crippen LogP) is 5.09. The van der Waals surface area contributed by atoms with Gasteiger partial charge in [0.2, 0.25) is 11.8 Å². The number of carbonyl (C=O) groups is 2. The van der Waals surface area contributed by atoms with Crippen molar-refractivity contribution >= 4 is 23.6 Å². The number of carbonyl (C=O) groups excluding carboxylic acids is 2. The minimum absolute atomic E-state index is 0.0838. The van der Waals surface area contributed by atoms with Crippen molar-refractivity contribution in [3.05, 3.63) is 71.0 Å². The van der Waals surface area contributed by atoms with E-state index >= 15 is 0 Å². The molecule has 31 heavy (non-hydrogen) atoms. The van der Waals surface area contributed by atoms with Gasteiger partial charge in [-0.05, 0) is 43.0 Å². The van der Waals surface area contributed by atoms with E-state index in [2.05, 4.69) is 24.4 Å². The lowest BCUT2D eigenvalue weighted by atomic mass is 10.1. The minimum atomic E-state index is -0.547. The van der Waals surface area contributed by atoms with E-state index in [-0.39, 0.29) is 29.9 Å². The molecule has 2 aromatic carbocycles. The summed E-state index contributed by atoms with van der Waals surface area (Å²) in [5, 5.41) is 2.95. The molecule has 1 N–H and O–H groups in total. The second-order valence-electron chi connectivity index (χ2n) is 7.70. The van der Waals surface area contributed by atoms with E-state index in [0.717, 1.165) is 24.2 Å². The minimum Gasteiger partial charge on any atom is -0.354 e. The fourth-order valence-corrected chi connectivity index (χ4v) is 4.21. The van der Waals surface area contributed by atoms with Gasteiger partial charge < -0.3 is 10.2 Å². The highest BCUT2D eigenvalue weighted by Gasteiger charge is 2.28. The van der Waals surface area contributed by atoms with Crippen LogP contribution in [0.3, 0.4) is 0 Å². The molecule has 0 heterocycles. The van der Waals surface area contributed by atoms with Crippen molar-refractivity contribution in [2.24, 2.45) is 0 Å². The van der Waals surface area contributed by atoms with Gasteiger partial charge >= 0.3 is 0 Å². The quantitative estimate of drug-likeness (QED) is 0.464. The Kier molecular flexibility index (Phi) is 10.6. The van der Waals surface area contributed by atoms with Crippen LogP contribution in [0.15, 0.2) is 48.5 Å². The first-order valence-corrected chi connectivity index (χ1v) is 12.0. The molecule has 0 aliphatic heterocycles.